The van der Waals surface area contributed by atoms with E-state index in [4.69, 9.17) is 0 Å². The Balaban J connectivity index is 0.000000223. The van der Waals surface area contributed by atoms with Crippen LogP contribution in [-0.2, 0) is 16.1 Å². The second kappa shape index (κ2) is 14.8. The molecule has 2 heterocycles. The molecule has 2 fully saturated rings. The number of nitrogens with zero attached hydrogens (tertiary/aromatic N) is 3. The van der Waals surface area contributed by atoms with Gasteiger partial charge in [-0.15, -0.1) is 0 Å². The average Bonchev–Trinajstić information content (AvgIpc) is 3.02. The van der Waals surface area contributed by atoms with E-state index in [1.54, 1.807) is 13.8 Å². The summed E-state index contributed by atoms with van der Waals surface area (Å²) in [5, 5.41) is 3.03. The second-order valence-electron chi connectivity index (χ2n) is 11.6. The van der Waals surface area contributed by atoms with Crippen molar-refractivity contribution in [2.24, 2.45) is 0 Å². The summed E-state index contributed by atoms with van der Waals surface area (Å²) in [5.74, 6) is -4.67. The van der Waals surface area contributed by atoms with Gasteiger partial charge in [0.2, 0.25) is 0 Å². The van der Waals surface area contributed by atoms with Gasteiger partial charge >= 0.3 is 24.2 Å². The Morgan fingerprint density at radius 1 is 0.681 bits per heavy atom. The number of alkyl halides is 6. The van der Waals surface area contributed by atoms with Gasteiger partial charge in [-0.2, -0.15) is 26.3 Å². The summed E-state index contributed by atoms with van der Waals surface area (Å²) in [4.78, 5) is 27.2. The lowest BCUT2D eigenvalue weighted by Crippen LogP contribution is -2.57. The zero-order valence-electron chi connectivity index (χ0n) is 25.5. The van der Waals surface area contributed by atoms with E-state index in [2.05, 4.69) is 5.32 Å². The molecule has 2 amide bonds. The van der Waals surface area contributed by atoms with E-state index in [1.807, 2.05) is 35.2 Å². The lowest BCUT2D eigenvalue weighted by molar-refractivity contribution is -0.191. The number of carbonyl (C=O) groups is 2. The molecular formula is C33H34F8N4O2. The summed E-state index contributed by atoms with van der Waals surface area (Å²) >= 11 is 0. The smallest absolute Gasteiger partial charge is 0.325 e. The molecule has 5 rings (SSSR count). The number of hydrogen-bond acceptors (Lipinski definition) is 4. The van der Waals surface area contributed by atoms with Gasteiger partial charge in [-0.25, -0.2) is 8.78 Å². The molecule has 0 spiro atoms. The highest BCUT2D eigenvalue weighted by Gasteiger charge is 2.48. The average molecular weight is 671 g/mol. The fourth-order valence-electron chi connectivity index (χ4n) is 5.70. The van der Waals surface area contributed by atoms with Gasteiger partial charge in [0.05, 0.1) is 12.1 Å². The zero-order chi connectivity index (χ0) is 34.5. The molecule has 0 aliphatic carbocycles. The van der Waals surface area contributed by atoms with Gasteiger partial charge in [0, 0.05) is 44.8 Å². The van der Waals surface area contributed by atoms with Crippen molar-refractivity contribution in [2.75, 3.05) is 26.2 Å². The summed E-state index contributed by atoms with van der Waals surface area (Å²) in [6, 6.07) is 18.0. The maximum atomic E-state index is 13.3. The van der Waals surface area contributed by atoms with Crippen LogP contribution in [0.5, 0.6) is 0 Å². The van der Waals surface area contributed by atoms with Crippen LogP contribution in [0.2, 0.25) is 0 Å². The van der Waals surface area contributed by atoms with Crippen LogP contribution in [0, 0.1) is 11.6 Å². The topological polar surface area (TPSA) is 55.9 Å². The number of benzene rings is 3. The molecule has 47 heavy (non-hydrogen) atoms. The van der Waals surface area contributed by atoms with Crippen molar-refractivity contribution in [1.82, 2.24) is 20.0 Å². The quantitative estimate of drug-likeness (QED) is 0.326. The van der Waals surface area contributed by atoms with Gasteiger partial charge in [-0.05, 0) is 54.8 Å². The molecule has 4 atom stereocenters. The van der Waals surface area contributed by atoms with Crippen molar-refractivity contribution < 1.29 is 44.7 Å². The lowest BCUT2D eigenvalue weighted by atomic mass is 9.98. The van der Waals surface area contributed by atoms with E-state index in [9.17, 15) is 44.7 Å². The largest absolute Gasteiger partial charge is 0.471 e. The minimum Gasteiger partial charge on any atom is -0.325 e. The molecule has 1 N–H and O–H groups in total. The molecule has 3 aromatic carbocycles. The number of halogens is 8. The van der Waals surface area contributed by atoms with Crippen LogP contribution in [0.4, 0.5) is 35.1 Å². The van der Waals surface area contributed by atoms with E-state index in [-0.39, 0.29) is 38.3 Å². The summed E-state index contributed by atoms with van der Waals surface area (Å²) in [6.45, 7) is 4.43. The summed E-state index contributed by atoms with van der Waals surface area (Å²) in [6.07, 6.45) is -9.85. The van der Waals surface area contributed by atoms with Crippen molar-refractivity contribution in [3.8, 4) is 0 Å². The van der Waals surface area contributed by atoms with Crippen LogP contribution in [0.1, 0.15) is 42.6 Å². The van der Waals surface area contributed by atoms with Gasteiger partial charge < -0.3 is 15.1 Å². The Morgan fingerprint density at radius 2 is 1.15 bits per heavy atom. The first-order chi connectivity index (χ1) is 22.0. The molecule has 2 saturated heterocycles. The highest BCUT2D eigenvalue weighted by molar-refractivity contribution is 5.83. The SMILES string of the molecule is CC1CN(C(=O)C(F)(F)F)C(c2ccc(F)cc2)CN1.CC1CN(C(=O)C(F)(F)F)C(c2ccc(F)cc2)CN1Cc1ccccc1. The van der Waals surface area contributed by atoms with Crippen molar-refractivity contribution in [1.29, 1.82) is 0 Å². The van der Waals surface area contributed by atoms with E-state index >= 15 is 0 Å². The highest BCUT2D eigenvalue weighted by atomic mass is 19.4. The molecule has 6 nitrogen and oxygen atoms in total. The molecule has 0 aromatic heterocycles. The second-order valence-corrected chi connectivity index (χ2v) is 11.6. The maximum absolute atomic E-state index is 13.3. The molecule has 2 aliphatic rings. The minimum atomic E-state index is -4.94. The molecule has 0 saturated carbocycles. The zero-order valence-corrected chi connectivity index (χ0v) is 25.5. The molecule has 0 bridgehead atoms. The van der Waals surface area contributed by atoms with Crippen molar-refractivity contribution in [2.45, 2.75) is 56.9 Å². The summed E-state index contributed by atoms with van der Waals surface area (Å²) < 4.78 is 103. The molecule has 4 unspecified atom stereocenters. The van der Waals surface area contributed by atoms with E-state index in [0.29, 0.717) is 17.7 Å². The number of amides is 2. The van der Waals surface area contributed by atoms with Crippen molar-refractivity contribution >= 4 is 11.8 Å². The molecule has 0 radical (unpaired) electrons. The Morgan fingerprint density at radius 3 is 1.64 bits per heavy atom. The first-order valence-electron chi connectivity index (χ1n) is 14.8. The Bertz CT molecular complexity index is 1480. The van der Waals surface area contributed by atoms with Crippen molar-refractivity contribution in [3.05, 3.63) is 107 Å². The normalized spacial score (nSPS) is 22.3. The first-order valence-corrected chi connectivity index (χ1v) is 14.8. The fourth-order valence-corrected chi connectivity index (χ4v) is 5.70. The van der Waals surface area contributed by atoms with Gasteiger partial charge in [-0.3, -0.25) is 14.5 Å². The number of piperazine rings is 2. The van der Waals surface area contributed by atoms with E-state index in [0.717, 1.165) is 15.4 Å². The molecule has 3 aromatic rings. The molecule has 254 valence electrons. The van der Waals surface area contributed by atoms with E-state index < -0.39 is 47.9 Å². The monoisotopic (exact) mass is 670 g/mol. The molecule has 14 heteroatoms. The third-order valence-electron chi connectivity index (χ3n) is 8.12. The number of carbonyl (C=O) groups excluding carboxylic acids is 2. The van der Waals surface area contributed by atoms with Crippen LogP contribution in [-0.4, -0.2) is 77.1 Å². The van der Waals surface area contributed by atoms with Gasteiger partial charge in [0.25, 0.3) is 0 Å². The standard InChI is InChI=1S/C20H20F4N2O.C13H14F4N2O/c1-14-11-26(19(27)20(22,23)24)18(16-7-9-17(21)10-8-16)13-25(14)12-15-5-3-2-4-6-15;1-8-7-19(12(20)13(15,16)17)11(6-18-8)9-2-4-10(14)5-3-9/h2-10,14,18H,11-13H2,1H3;2-5,8,11,18H,6-7H2,1H3. The van der Waals surface area contributed by atoms with Gasteiger partial charge in [-0.1, -0.05) is 54.6 Å². The number of nitrogens with one attached hydrogen (secondary N) is 1. The number of hydrogen-bond donors (Lipinski definition) is 1. The van der Waals surface area contributed by atoms with Crippen LogP contribution in [0.3, 0.4) is 0 Å². The Labute approximate surface area is 266 Å². The molecule has 2 aliphatic heterocycles. The Hall–Kier alpha value is -4.04. The summed E-state index contributed by atoms with van der Waals surface area (Å²) in [7, 11) is 0. The minimum absolute atomic E-state index is 0.0413. The first kappa shape index (κ1) is 35.8. The van der Waals surface area contributed by atoms with Crippen molar-refractivity contribution in [3.63, 3.8) is 0 Å². The van der Waals surface area contributed by atoms with E-state index in [1.165, 1.54) is 48.5 Å². The lowest BCUT2D eigenvalue weighted by Gasteiger charge is -2.45. The highest BCUT2D eigenvalue weighted by Crippen LogP contribution is 2.33. The number of rotatable bonds is 4. The maximum Gasteiger partial charge on any atom is 0.471 e. The Kier molecular flexibility index (Phi) is 11.3. The summed E-state index contributed by atoms with van der Waals surface area (Å²) in [5.41, 5.74) is 2.00. The third-order valence-corrected chi connectivity index (χ3v) is 8.12. The molecular weight excluding hydrogens is 636 g/mol. The predicted octanol–water partition coefficient (Wildman–Crippen LogP) is 6.41. The van der Waals surface area contributed by atoms with Crippen LogP contribution < -0.4 is 5.32 Å². The fraction of sp³-hybridized carbons (Fsp3) is 0.394. The van der Waals surface area contributed by atoms with Gasteiger partial charge in [0.1, 0.15) is 11.6 Å². The van der Waals surface area contributed by atoms with Gasteiger partial charge in [0.15, 0.2) is 0 Å². The predicted molar refractivity (Wildman–Crippen MR) is 158 cm³/mol. The van der Waals surface area contributed by atoms with Crippen LogP contribution in [0.25, 0.3) is 0 Å². The van der Waals surface area contributed by atoms with Crippen LogP contribution >= 0.6 is 0 Å². The van der Waals surface area contributed by atoms with Crippen LogP contribution in [0.15, 0.2) is 78.9 Å². The third kappa shape index (κ3) is 9.28.